The van der Waals surface area contributed by atoms with E-state index in [9.17, 15) is 9.59 Å². The quantitative estimate of drug-likeness (QED) is 0.431. The lowest BCUT2D eigenvalue weighted by Gasteiger charge is -2.17. The molecular formula is C29H30N2O3. The molecule has 3 aromatic rings. The number of aryl methyl sites for hydroxylation is 2. The summed E-state index contributed by atoms with van der Waals surface area (Å²) in [6.07, 6.45) is 0. The van der Waals surface area contributed by atoms with E-state index in [1.54, 1.807) is 0 Å². The van der Waals surface area contributed by atoms with Gasteiger partial charge in [0.05, 0.1) is 17.9 Å². The molecule has 1 N–H and O–H groups in total. The van der Waals surface area contributed by atoms with Crippen LogP contribution in [0.1, 0.15) is 48.9 Å². The Morgan fingerprint density at radius 1 is 0.882 bits per heavy atom. The molecule has 5 heteroatoms. The van der Waals surface area contributed by atoms with Gasteiger partial charge in [-0.05, 0) is 73.2 Å². The Morgan fingerprint density at radius 3 is 2.26 bits per heavy atom. The smallest absolute Gasteiger partial charge is 0.282 e. The fraction of sp³-hybridized carbons (Fsp3) is 0.241. The van der Waals surface area contributed by atoms with Crippen molar-refractivity contribution in [2.24, 2.45) is 0 Å². The number of nitrogens with zero attached hydrogens (tertiary/aromatic N) is 1. The normalized spacial score (nSPS) is 13.8. The van der Waals surface area contributed by atoms with Gasteiger partial charge in [0.1, 0.15) is 11.4 Å². The first-order valence-electron chi connectivity index (χ1n) is 11.6. The van der Waals surface area contributed by atoms with Crippen molar-refractivity contribution in [2.75, 3.05) is 16.8 Å². The molecule has 0 unspecified atom stereocenters. The average molecular weight is 455 g/mol. The number of carbonyl (C=O) groups excluding carboxylic acids is 2. The van der Waals surface area contributed by atoms with Crippen LogP contribution in [0.4, 0.5) is 11.4 Å². The predicted molar refractivity (Wildman–Crippen MR) is 137 cm³/mol. The van der Waals surface area contributed by atoms with Gasteiger partial charge in [0.15, 0.2) is 0 Å². The number of ether oxygens (including phenoxy) is 1. The van der Waals surface area contributed by atoms with Gasteiger partial charge in [-0.15, -0.1) is 0 Å². The summed E-state index contributed by atoms with van der Waals surface area (Å²) in [6, 6.07) is 20.8. The highest BCUT2D eigenvalue weighted by Crippen LogP contribution is 2.35. The Bertz CT molecular complexity index is 1270. The van der Waals surface area contributed by atoms with Crippen LogP contribution in [0.5, 0.6) is 5.75 Å². The van der Waals surface area contributed by atoms with E-state index < -0.39 is 0 Å². The summed E-state index contributed by atoms with van der Waals surface area (Å²) in [6.45, 7) is 10.7. The van der Waals surface area contributed by atoms with Gasteiger partial charge in [0.25, 0.3) is 11.8 Å². The van der Waals surface area contributed by atoms with Crippen molar-refractivity contribution >= 4 is 28.8 Å². The van der Waals surface area contributed by atoms with Crippen molar-refractivity contribution in [3.05, 3.63) is 94.7 Å². The molecule has 0 saturated heterocycles. The molecule has 2 amide bonds. The molecule has 0 saturated carbocycles. The molecule has 0 fully saturated rings. The monoisotopic (exact) mass is 454 g/mol. The number of hydrogen-bond acceptors (Lipinski definition) is 4. The summed E-state index contributed by atoms with van der Waals surface area (Å²) in [5.74, 6) is 0.336. The Hall–Kier alpha value is -3.86. The summed E-state index contributed by atoms with van der Waals surface area (Å²) in [5, 5.41) is 3.22. The van der Waals surface area contributed by atoms with Gasteiger partial charge in [0, 0.05) is 11.8 Å². The number of imide groups is 1. The van der Waals surface area contributed by atoms with Crippen LogP contribution in [0.15, 0.2) is 72.4 Å². The fourth-order valence-corrected chi connectivity index (χ4v) is 4.03. The first-order valence-corrected chi connectivity index (χ1v) is 11.6. The van der Waals surface area contributed by atoms with Crippen molar-refractivity contribution < 1.29 is 14.3 Å². The number of anilines is 2. The lowest BCUT2D eigenvalue weighted by Crippen LogP contribution is -2.32. The third-order valence-corrected chi connectivity index (χ3v) is 6.11. The molecule has 1 aliphatic rings. The summed E-state index contributed by atoms with van der Waals surface area (Å²) in [7, 11) is 0. The number of amides is 2. The molecule has 3 aromatic carbocycles. The van der Waals surface area contributed by atoms with Crippen LogP contribution in [-0.4, -0.2) is 18.4 Å². The van der Waals surface area contributed by atoms with Crippen molar-refractivity contribution in [3.63, 3.8) is 0 Å². The molecule has 0 bridgehead atoms. The molecule has 0 radical (unpaired) electrons. The number of rotatable bonds is 7. The Morgan fingerprint density at radius 2 is 1.62 bits per heavy atom. The maximum Gasteiger partial charge on any atom is 0.282 e. The third-order valence-electron chi connectivity index (χ3n) is 6.11. The second-order valence-electron chi connectivity index (χ2n) is 8.83. The second kappa shape index (κ2) is 9.56. The van der Waals surface area contributed by atoms with Crippen LogP contribution in [0.2, 0.25) is 0 Å². The minimum absolute atomic E-state index is 0.259. The summed E-state index contributed by atoms with van der Waals surface area (Å²) >= 11 is 0. The SMILES string of the molecule is CCOc1cccc(NC2=C(c3ccc(C)c(C)c3)C(=O)N(c3ccc(C(C)C)cc3)C2=O)c1. The molecule has 4 rings (SSSR count). The molecule has 0 spiro atoms. The van der Waals surface area contributed by atoms with Crippen molar-refractivity contribution in [3.8, 4) is 5.75 Å². The molecule has 1 aliphatic heterocycles. The molecule has 0 atom stereocenters. The summed E-state index contributed by atoms with van der Waals surface area (Å²) < 4.78 is 5.60. The largest absolute Gasteiger partial charge is 0.494 e. The fourth-order valence-electron chi connectivity index (χ4n) is 4.03. The maximum absolute atomic E-state index is 13.7. The first-order chi connectivity index (χ1) is 16.3. The molecule has 0 aromatic heterocycles. The molecule has 1 heterocycles. The zero-order chi connectivity index (χ0) is 24.4. The summed E-state index contributed by atoms with van der Waals surface area (Å²) in [5.41, 5.74) is 5.91. The molecule has 174 valence electrons. The molecule has 0 aliphatic carbocycles. The van der Waals surface area contributed by atoms with E-state index in [0.717, 1.165) is 16.7 Å². The van der Waals surface area contributed by atoms with Gasteiger partial charge < -0.3 is 10.1 Å². The first kappa shape index (κ1) is 23.3. The van der Waals surface area contributed by atoms with Crippen LogP contribution < -0.4 is 15.0 Å². The summed E-state index contributed by atoms with van der Waals surface area (Å²) in [4.78, 5) is 28.6. The van der Waals surface area contributed by atoms with Crippen LogP contribution in [0.25, 0.3) is 5.57 Å². The Labute approximate surface area is 201 Å². The van der Waals surface area contributed by atoms with Gasteiger partial charge in [-0.25, -0.2) is 4.90 Å². The number of hydrogen-bond donors (Lipinski definition) is 1. The number of carbonyl (C=O) groups is 2. The van der Waals surface area contributed by atoms with E-state index in [-0.39, 0.29) is 17.5 Å². The van der Waals surface area contributed by atoms with Crippen LogP contribution in [-0.2, 0) is 9.59 Å². The second-order valence-corrected chi connectivity index (χ2v) is 8.83. The highest BCUT2D eigenvalue weighted by atomic mass is 16.5. The van der Waals surface area contributed by atoms with Crippen LogP contribution >= 0.6 is 0 Å². The van der Waals surface area contributed by atoms with Gasteiger partial charge >= 0.3 is 0 Å². The Kier molecular flexibility index (Phi) is 6.55. The zero-order valence-corrected chi connectivity index (χ0v) is 20.3. The van der Waals surface area contributed by atoms with Crippen molar-refractivity contribution in [2.45, 2.75) is 40.5 Å². The minimum Gasteiger partial charge on any atom is -0.494 e. The third kappa shape index (κ3) is 4.46. The average Bonchev–Trinajstić information content (AvgIpc) is 3.05. The molecular weight excluding hydrogens is 424 g/mol. The molecule has 5 nitrogen and oxygen atoms in total. The van der Waals surface area contributed by atoms with E-state index >= 15 is 0 Å². The lowest BCUT2D eigenvalue weighted by molar-refractivity contribution is -0.120. The van der Waals surface area contributed by atoms with Crippen LogP contribution in [0, 0.1) is 13.8 Å². The zero-order valence-electron chi connectivity index (χ0n) is 20.3. The Balaban J connectivity index is 1.79. The highest BCUT2D eigenvalue weighted by Gasteiger charge is 2.40. The minimum atomic E-state index is -0.377. The van der Waals surface area contributed by atoms with Crippen molar-refractivity contribution in [1.29, 1.82) is 0 Å². The lowest BCUT2D eigenvalue weighted by atomic mass is 9.99. The van der Waals surface area contributed by atoms with E-state index in [1.165, 1.54) is 4.90 Å². The maximum atomic E-state index is 13.7. The number of nitrogens with one attached hydrogen (secondary N) is 1. The number of benzene rings is 3. The molecule has 34 heavy (non-hydrogen) atoms. The van der Waals surface area contributed by atoms with Gasteiger partial charge in [-0.1, -0.05) is 50.2 Å². The predicted octanol–water partition coefficient (Wildman–Crippen LogP) is 6.22. The van der Waals surface area contributed by atoms with E-state index in [2.05, 4.69) is 19.2 Å². The van der Waals surface area contributed by atoms with Crippen LogP contribution in [0.3, 0.4) is 0 Å². The van der Waals surface area contributed by atoms with Gasteiger partial charge in [0.2, 0.25) is 0 Å². The van der Waals surface area contributed by atoms with Crippen molar-refractivity contribution in [1.82, 2.24) is 0 Å². The highest BCUT2D eigenvalue weighted by molar-refractivity contribution is 6.46. The topological polar surface area (TPSA) is 58.6 Å². The van der Waals surface area contributed by atoms with E-state index in [0.29, 0.717) is 40.8 Å². The van der Waals surface area contributed by atoms with Gasteiger partial charge in [-0.2, -0.15) is 0 Å². The van der Waals surface area contributed by atoms with Gasteiger partial charge in [-0.3, -0.25) is 9.59 Å². The standard InChI is InChI=1S/C29H30N2O3/c1-6-34-25-9-7-8-23(17-25)30-27-26(22-11-10-19(4)20(5)16-22)28(32)31(29(27)33)24-14-12-21(13-15-24)18(2)3/h7-18,30H,6H2,1-5H3. The van der Waals surface area contributed by atoms with E-state index in [1.807, 2.05) is 87.5 Å². The van der Waals surface area contributed by atoms with E-state index in [4.69, 9.17) is 4.74 Å².